The first-order valence-corrected chi connectivity index (χ1v) is 4.11. The van der Waals surface area contributed by atoms with Crippen LogP contribution >= 0.6 is 12.6 Å². The summed E-state index contributed by atoms with van der Waals surface area (Å²) in [6.45, 7) is 0.905. The zero-order chi connectivity index (χ0) is 8.81. The molecular weight excluding hydrogens is 172 g/mol. The molecule has 1 aromatic rings. The van der Waals surface area contributed by atoms with E-state index >= 15 is 0 Å². The number of thiol groups is 1. The molecule has 0 fully saturated rings. The summed E-state index contributed by atoms with van der Waals surface area (Å²) in [4.78, 5) is 10.8. The molecule has 0 aliphatic heterocycles. The highest BCUT2D eigenvalue weighted by molar-refractivity contribution is 7.80. The summed E-state index contributed by atoms with van der Waals surface area (Å²) in [6, 6.07) is 7.77. The summed E-state index contributed by atoms with van der Waals surface area (Å²) < 4.78 is 4.57. The van der Waals surface area contributed by atoms with Crippen molar-refractivity contribution in [2.45, 2.75) is 11.3 Å². The lowest BCUT2D eigenvalue weighted by molar-refractivity contribution is -0.128. The number of ether oxygens (including phenoxy) is 1. The van der Waals surface area contributed by atoms with Crippen LogP contribution in [-0.4, -0.2) is 13.1 Å². The number of rotatable bonds is 4. The lowest BCUT2D eigenvalue weighted by Crippen LogP contribution is -1.95. The molecule has 0 bridgehead atoms. The minimum absolute atomic E-state index is 0.440. The SMILES string of the molecule is O=COCCc1ccc(S)cc1. The van der Waals surface area contributed by atoms with Crippen LogP contribution in [0.5, 0.6) is 0 Å². The molecule has 0 saturated heterocycles. The third-order valence-corrected chi connectivity index (χ3v) is 1.81. The Morgan fingerprint density at radius 2 is 2.00 bits per heavy atom. The zero-order valence-electron chi connectivity index (χ0n) is 6.56. The minimum Gasteiger partial charge on any atom is -0.468 e. The molecule has 0 radical (unpaired) electrons. The summed E-state index contributed by atoms with van der Waals surface area (Å²) in [5, 5.41) is 0. The van der Waals surface area contributed by atoms with Gasteiger partial charge in [0.05, 0.1) is 6.61 Å². The molecule has 1 rings (SSSR count). The van der Waals surface area contributed by atoms with Gasteiger partial charge in [0.1, 0.15) is 0 Å². The van der Waals surface area contributed by atoms with Gasteiger partial charge in [-0.05, 0) is 17.7 Å². The van der Waals surface area contributed by atoms with Gasteiger partial charge in [0.15, 0.2) is 0 Å². The lowest BCUT2D eigenvalue weighted by atomic mass is 10.2. The predicted molar refractivity (Wildman–Crippen MR) is 49.4 cm³/mol. The normalized spacial score (nSPS) is 9.42. The average molecular weight is 182 g/mol. The average Bonchev–Trinajstić information content (AvgIpc) is 2.09. The second-order valence-electron chi connectivity index (χ2n) is 2.38. The molecule has 0 atom stereocenters. The van der Waals surface area contributed by atoms with Gasteiger partial charge in [-0.25, -0.2) is 0 Å². The Morgan fingerprint density at radius 3 is 2.58 bits per heavy atom. The molecule has 0 spiro atoms. The summed E-state index contributed by atoms with van der Waals surface area (Å²) >= 11 is 4.15. The van der Waals surface area contributed by atoms with E-state index in [0.29, 0.717) is 13.1 Å². The van der Waals surface area contributed by atoms with Crippen LogP contribution < -0.4 is 0 Å². The summed E-state index contributed by atoms with van der Waals surface area (Å²) in [7, 11) is 0. The molecule has 1 aromatic carbocycles. The molecule has 12 heavy (non-hydrogen) atoms. The van der Waals surface area contributed by atoms with Crippen molar-refractivity contribution in [3.63, 3.8) is 0 Å². The van der Waals surface area contributed by atoms with E-state index in [1.165, 1.54) is 0 Å². The van der Waals surface area contributed by atoms with E-state index in [0.717, 1.165) is 16.9 Å². The van der Waals surface area contributed by atoms with Gasteiger partial charge in [0.25, 0.3) is 6.47 Å². The van der Waals surface area contributed by atoms with Crippen LogP contribution in [0.1, 0.15) is 5.56 Å². The van der Waals surface area contributed by atoms with Gasteiger partial charge in [-0.15, -0.1) is 12.6 Å². The van der Waals surface area contributed by atoms with E-state index in [1.54, 1.807) is 0 Å². The van der Waals surface area contributed by atoms with E-state index in [9.17, 15) is 4.79 Å². The smallest absolute Gasteiger partial charge is 0.293 e. The van der Waals surface area contributed by atoms with Crippen molar-refractivity contribution in [1.29, 1.82) is 0 Å². The van der Waals surface area contributed by atoms with E-state index in [2.05, 4.69) is 17.4 Å². The van der Waals surface area contributed by atoms with Gasteiger partial charge < -0.3 is 4.74 Å². The lowest BCUT2D eigenvalue weighted by Gasteiger charge is -1.99. The molecule has 2 nitrogen and oxygen atoms in total. The van der Waals surface area contributed by atoms with E-state index in [-0.39, 0.29) is 0 Å². The Morgan fingerprint density at radius 1 is 1.33 bits per heavy atom. The first-order chi connectivity index (χ1) is 5.83. The topological polar surface area (TPSA) is 26.3 Å². The molecule has 64 valence electrons. The summed E-state index contributed by atoms with van der Waals surface area (Å²) in [5.74, 6) is 0. The molecule has 0 saturated carbocycles. The molecule has 0 heterocycles. The van der Waals surface area contributed by atoms with Crippen LogP contribution in [-0.2, 0) is 16.0 Å². The van der Waals surface area contributed by atoms with Crippen LogP contribution in [0, 0.1) is 0 Å². The summed E-state index contributed by atoms with van der Waals surface area (Å²) in [5.41, 5.74) is 1.15. The molecule has 0 unspecified atom stereocenters. The Bertz CT molecular complexity index is 243. The van der Waals surface area contributed by atoms with Gasteiger partial charge >= 0.3 is 0 Å². The third-order valence-electron chi connectivity index (χ3n) is 1.51. The number of benzene rings is 1. The molecular formula is C9H10O2S. The van der Waals surface area contributed by atoms with Gasteiger partial charge in [-0.3, -0.25) is 4.79 Å². The standard InChI is InChI=1S/C9H10O2S/c10-7-11-6-5-8-1-3-9(12)4-2-8/h1-4,7,12H,5-6H2. The fourth-order valence-corrected chi connectivity index (χ4v) is 1.04. The van der Waals surface area contributed by atoms with Crippen LogP contribution in [0.25, 0.3) is 0 Å². The fourth-order valence-electron chi connectivity index (χ4n) is 0.888. The Labute approximate surface area is 77.0 Å². The Hall–Kier alpha value is -0.960. The molecule has 0 aliphatic rings. The van der Waals surface area contributed by atoms with Crippen LogP contribution in [0.4, 0.5) is 0 Å². The van der Waals surface area contributed by atoms with Crippen molar-refractivity contribution in [3.05, 3.63) is 29.8 Å². The van der Waals surface area contributed by atoms with Crippen LogP contribution in [0.15, 0.2) is 29.2 Å². The van der Waals surface area contributed by atoms with Gasteiger partial charge in [-0.2, -0.15) is 0 Å². The molecule has 0 aromatic heterocycles. The Kier molecular flexibility index (Phi) is 3.67. The summed E-state index contributed by atoms with van der Waals surface area (Å²) in [6.07, 6.45) is 0.757. The van der Waals surface area contributed by atoms with Crippen molar-refractivity contribution in [3.8, 4) is 0 Å². The third kappa shape index (κ3) is 2.96. The monoisotopic (exact) mass is 182 g/mol. The highest BCUT2D eigenvalue weighted by atomic mass is 32.1. The maximum Gasteiger partial charge on any atom is 0.293 e. The van der Waals surface area contributed by atoms with Crippen molar-refractivity contribution < 1.29 is 9.53 Å². The first kappa shape index (κ1) is 9.13. The zero-order valence-corrected chi connectivity index (χ0v) is 7.46. The van der Waals surface area contributed by atoms with E-state index in [1.807, 2.05) is 24.3 Å². The quantitative estimate of drug-likeness (QED) is 0.435. The predicted octanol–water partition coefficient (Wildman–Crippen LogP) is 1.69. The molecule has 0 amide bonds. The second-order valence-corrected chi connectivity index (χ2v) is 2.90. The Balaban J connectivity index is 2.42. The highest BCUT2D eigenvalue weighted by Gasteiger charge is 1.91. The molecule has 0 N–H and O–H groups in total. The van der Waals surface area contributed by atoms with Crippen molar-refractivity contribution in [1.82, 2.24) is 0 Å². The maximum absolute atomic E-state index is 9.81. The van der Waals surface area contributed by atoms with Crippen LogP contribution in [0.3, 0.4) is 0 Å². The van der Waals surface area contributed by atoms with Crippen molar-refractivity contribution >= 4 is 19.1 Å². The first-order valence-electron chi connectivity index (χ1n) is 3.66. The fraction of sp³-hybridized carbons (Fsp3) is 0.222. The maximum atomic E-state index is 9.81. The van der Waals surface area contributed by atoms with Gasteiger partial charge in [-0.1, -0.05) is 12.1 Å². The van der Waals surface area contributed by atoms with Crippen LogP contribution in [0.2, 0.25) is 0 Å². The molecule has 0 aliphatic carbocycles. The van der Waals surface area contributed by atoms with Crippen molar-refractivity contribution in [2.24, 2.45) is 0 Å². The second kappa shape index (κ2) is 4.83. The number of carbonyl (C=O) groups is 1. The highest BCUT2D eigenvalue weighted by Crippen LogP contribution is 2.07. The number of carbonyl (C=O) groups excluding carboxylic acids is 1. The van der Waals surface area contributed by atoms with Crippen molar-refractivity contribution in [2.75, 3.05) is 6.61 Å². The minimum atomic E-state index is 0.440. The molecule has 3 heteroatoms. The van der Waals surface area contributed by atoms with E-state index < -0.39 is 0 Å². The largest absolute Gasteiger partial charge is 0.468 e. The number of hydrogen-bond donors (Lipinski definition) is 1. The van der Waals surface area contributed by atoms with Gasteiger partial charge in [0.2, 0.25) is 0 Å². The van der Waals surface area contributed by atoms with E-state index in [4.69, 9.17) is 0 Å². The number of hydrogen-bond acceptors (Lipinski definition) is 3. The van der Waals surface area contributed by atoms with Gasteiger partial charge in [0, 0.05) is 11.3 Å².